The van der Waals surface area contributed by atoms with Gasteiger partial charge >= 0.3 is 0 Å². The lowest BCUT2D eigenvalue weighted by Gasteiger charge is -2.20. The first-order valence-corrected chi connectivity index (χ1v) is 7.22. The van der Waals surface area contributed by atoms with Gasteiger partial charge in [-0.15, -0.1) is 0 Å². The van der Waals surface area contributed by atoms with Gasteiger partial charge in [0.2, 0.25) is 0 Å². The van der Waals surface area contributed by atoms with Crippen molar-refractivity contribution >= 4 is 23.2 Å². The van der Waals surface area contributed by atoms with Crippen molar-refractivity contribution in [3.63, 3.8) is 0 Å². The standard InChI is InChI=1S/C13H18Cl2N6/c1-20(2)5-6-21-13(10(14)8-18-21)12(19-16)9-3-4-17-11(15)7-9/h3-4,7-8,12,19H,5-6,16H2,1-2H3. The van der Waals surface area contributed by atoms with Crippen molar-refractivity contribution in [1.29, 1.82) is 0 Å². The fourth-order valence-corrected chi connectivity index (χ4v) is 2.49. The van der Waals surface area contributed by atoms with Crippen LogP contribution in [0.5, 0.6) is 0 Å². The van der Waals surface area contributed by atoms with Crippen molar-refractivity contribution in [3.8, 4) is 0 Å². The summed E-state index contributed by atoms with van der Waals surface area (Å²) in [6.45, 7) is 1.56. The van der Waals surface area contributed by atoms with E-state index >= 15 is 0 Å². The molecule has 8 heteroatoms. The number of pyridine rings is 1. The van der Waals surface area contributed by atoms with Crippen molar-refractivity contribution < 1.29 is 0 Å². The molecule has 0 aliphatic rings. The lowest BCUT2D eigenvalue weighted by atomic mass is 10.1. The Morgan fingerprint density at radius 2 is 2.19 bits per heavy atom. The van der Waals surface area contributed by atoms with Crippen molar-refractivity contribution in [1.82, 2.24) is 25.1 Å². The number of nitrogens with zero attached hydrogens (tertiary/aromatic N) is 4. The van der Waals surface area contributed by atoms with E-state index in [0.717, 1.165) is 17.8 Å². The second kappa shape index (κ2) is 7.20. The molecule has 1 unspecified atom stereocenters. The molecule has 2 aromatic rings. The highest BCUT2D eigenvalue weighted by Crippen LogP contribution is 2.28. The van der Waals surface area contributed by atoms with Gasteiger partial charge < -0.3 is 4.90 Å². The lowest BCUT2D eigenvalue weighted by molar-refractivity contribution is 0.365. The predicted octanol–water partition coefficient (Wildman–Crippen LogP) is 1.70. The second-order valence-electron chi connectivity index (χ2n) is 4.92. The Bertz CT molecular complexity index is 598. The van der Waals surface area contributed by atoms with Gasteiger partial charge in [0.25, 0.3) is 0 Å². The summed E-state index contributed by atoms with van der Waals surface area (Å²) in [5.41, 5.74) is 4.46. The number of likely N-dealkylation sites (N-methyl/N-ethyl adjacent to an activating group) is 1. The van der Waals surface area contributed by atoms with Crippen molar-refractivity contribution in [2.75, 3.05) is 20.6 Å². The molecule has 2 aromatic heterocycles. The Balaban J connectivity index is 2.35. The monoisotopic (exact) mass is 328 g/mol. The molecule has 6 nitrogen and oxygen atoms in total. The van der Waals surface area contributed by atoms with E-state index in [4.69, 9.17) is 29.0 Å². The third-order valence-electron chi connectivity index (χ3n) is 3.12. The first kappa shape index (κ1) is 16.2. The molecule has 0 aliphatic heterocycles. The maximum atomic E-state index is 6.28. The molecule has 1 atom stereocenters. The predicted molar refractivity (Wildman–Crippen MR) is 84.2 cm³/mol. The summed E-state index contributed by atoms with van der Waals surface area (Å²) in [5.74, 6) is 5.72. The molecule has 0 spiro atoms. The van der Waals surface area contributed by atoms with E-state index in [2.05, 4.69) is 20.4 Å². The smallest absolute Gasteiger partial charge is 0.129 e. The molecule has 0 amide bonds. The number of hydrogen-bond donors (Lipinski definition) is 2. The van der Waals surface area contributed by atoms with Crippen LogP contribution in [0.2, 0.25) is 10.2 Å². The highest BCUT2D eigenvalue weighted by molar-refractivity contribution is 6.31. The molecule has 3 N–H and O–H groups in total. The number of aromatic nitrogens is 3. The minimum atomic E-state index is -0.303. The summed E-state index contributed by atoms with van der Waals surface area (Å²) in [7, 11) is 4.01. The molecule has 0 aromatic carbocycles. The van der Waals surface area contributed by atoms with Crippen LogP contribution in [-0.2, 0) is 6.54 Å². The fraction of sp³-hybridized carbons (Fsp3) is 0.385. The van der Waals surface area contributed by atoms with E-state index in [1.165, 1.54) is 0 Å². The Labute approximate surface area is 133 Å². The highest BCUT2D eigenvalue weighted by atomic mass is 35.5. The van der Waals surface area contributed by atoms with Gasteiger partial charge in [0.1, 0.15) is 5.15 Å². The molecule has 2 heterocycles. The van der Waals surface area contributed by atoms with Crippen LogP contribution in [0.3, 0.4) is 0 Å². The van der Waals surface area contributed by atoms with E-state index in [1.807, 2.05) is 24.8 Å². The Morgan fingerprint density at radius 1 is 1.43 bits per heavy atom. The molecule has 0 saturated heterocycles. The van der Waals surface area contributed by atoms with Crippen molar-refractivity contribution in [3.05, 3.63) is 46.0 Å². The number of halogens is 2. The Hall–Kier alpha value is -1.18. The first-order chi connectivity index (χ1) is 10.0. The summed E-state index contributed by atoms with van der Waals surface area (Å²) in [6, 6.07) is 3.30. The van der Waals surface area contributed by atoms with E-state index in [9.17, 15) is 0 Å². The first-order valence-electron chi connectivity index (χ1n) is 6.46. The quantitative estimate of drug-likeness (QED) is 0.479. The van der Waals surface area contributed by atoms with Gasteiger partial charge in [-0.1, -0.05) is 23.2 Å². The summed E-state index contributed by atoms with van der Waals surface area (Å²) < 4.78 is 1.85. The molecular formula is C13H18Cl2N6. The van der Waals surface area contributed by atoms with Crippen LogP contribution < -0.4 is 11.3 Å². The number of hydrazine groups is 1. The van der Waals surface area contributed by atoms with Crippen molar-refractivity contribution in [2.45, 2.75) is 12.6 Å². The zero-order chi connectivity index (χ0) is 15.4. The minimum absolute atomic E-state index is 0.303. The summed E-state index contributed by atoms with van der Waals surface area (Å²) in [5, 5.41) is 5.28. The lowest BCUT2D eigenvalue weighted by Crippen LogP contribution is -2.32. The molecule has 21 heavy (non-hydrogen) atoms. The summed E-state index contributed by atoms with van der Waals surface area (Å²) in [4.78, 5) is 6.05. The zero-order valence-corrected chi connectivity index (χ0v) is 13.4. The van der Waals surface area contributed by atoms with Crippen LogP contribution >= 0.6 is 23.2 Å². The fourth-order valence-electron chi connectivity index (χ4n) is 2.06. The summed E-state index contributed by atoms with van der Waals surface area (Å²) in [6.07, 6.45) is 3.26. The Morgan fingerprint density at radius 3 is 2.81 bits per heavy atom. The maximum absolute atomic E-state index is 6.28. The van der Waals surface area contributed by atoms with Crippen LogP contribution in [0.25, 0.3) is 0 Å². The van der Waals surface area contributed by atoms with Gasteiger partial charge in [-0.3, -0.25) is 10.5 Å². The second-order valence-corrected chi connectivity index (χ2v) is 5.71. The molecular weight excluding hydrogens is 311 g/mol. The van der Waals surface area contributed by atoms with Gasteiger partial charge in [0, 0.05) is 12.7 Å². The molecule has 0 aliphatic carbocycles. The van der Waals surface area contributed by atoms with Crippen LogP contribution in [0.1, 0.15) is 17.3 Å². The Kier molecular flexibility index (Phi) is 5.55. The largest absolute Gasteiger partial charge is 0.308 e. The average molecular weight is 329 g/mol. The molecule has 0 bridgehead atoms. The van der Waals surface area contributed by atoms with Gasteiger partial charge in [-0.2, -0.15) is 5.10 Å². The molecule has 0 fully saturated rings. The van der Waals surface area contributed by atoms with Crippen molar-refractivity contribution in [2.24, 2.45) is 5.84 Å². The molecule has 0 saturated carbocycles. The third-order valence-corrected chi connectivity index (χ3v) is 3.61. The number of rotatable bonds is 6. The van der Waals surface area contributed by atoms with Gasteiger partial charge in [-0.25, -0.2) is 10.4 Å². The summed E-state index contributed by atoms with van der Waals surface area (Å²) >= 11 is 12.2. The maximum Gasteiger partial charge on any atom is 0.129 e. The van der Waals surface area contributed by atoms with Gasteiger partial charge in [-0.05, 0) is 31.8 Å². The van der Waals surface area contributed by atoms with Gasteiger partial charge in [0.05, 0.1) is 29.5 Å². The van der Waals surface area contributed by atoms with Crippen LogP contribution in [-0.4, -0.2) is 40.3 Å². The zero-order valence-electron chi connectivity index (χ0n) is 11.9. The van der Waals surface area contributed by atoms with E-state index in [1.54, 1.807) is 18.5 Å². The average Bonchev–Trinajstić information content (AvgIpc) is 2.79. The molecule has 114 valence electrons. The number of nitrogens with two attached hydrogens (primary N) is 1. The van der Waals surface area contributed by atoms with Crippen LogP contribution in [0.15, 0.2) is 24.5 Å². The number of hydrogen-bond acceptors (Lipinski definition) is 5. The van der Waals surface area contributed by atoms with Crippen LogP contribution in [0.4, 0.5) is 0 Å². The van der Waals surface area contributed by atoms with Crippen LogP contribution in [0, 0.1) is 0 Å². The minimum Gasteiger partial charge on any atom is -0.308 e. The van der Waals surface area contributed by atoms with Gasteiger partial charge in [0.15, 0.2) is 0 Å². The van der Waals surface area contributed by atoms with E-state index in [-0.39, 0.29) is 6.04 Å². The van der Waals surface area contributed by atoms with E-state index in [0.29, 0.717) is 16.7 Å². The topological polar surface area (TPSA) is 72.0 Å². The normalized spacial score (nSPS) is 12.9. The SMILES string of the molecule is CN(C)CCn1ncc(Cl)c1C(NN)c1ccnc(Cl)c1. The third kappa shape index (κ3) is 3.93. The molecule has 0 radical (unpaired) electrons. The highest BCUT2D eigenvalue weighted by Gasteiger charge is 2.21. The molecule has 2 rings (SSSR count). The van der Waals surface area contributed by atoms with E-state index < -0.39 is 0 Å². The number of nitrogens with one attached hydrogen (secondary N) is 1.